The largest absolute Gasteiger partial charge is 0.432 e. The first-order chi connectivity index (χ1) is 15.3. The molecule has 5 unspecified atom stereocenters. The van der Waals surface area contributed by atoms with Crippen LogP contribution in [0, 0.1) is 5.92 Å². The highest BCUT2D eigenvalue weighted by atomic mass is 16.8. The van der Waals surface area contributed by atoms with Gasteiger partial charge in [0, 0.05) is 6.61 Å². The Morgan fingerprint density at radius 2 is 1.47 bits per heavy atom. The van der Waals surface area contributed by atoms with E-state index in [0.29, 0.717) is 24.7 Å². The number of carbonyl (C=O) groups is 1. The minimum Gasteiger partial charge on any atom is -0.432 e. The number of esters is 1. The zero-order chi connectivity index (χ0) is 23.8. The van der Waals surface area contributed by atoms with E-state index in [4.69, 9.17) is 28.4 Å². The second-order valence-electron chi connectivity index (χ2n) is 7.81. The minimum absolute atomic E-state index is 0.448. The molecule has 32 heavy (non-hydrogen) atoms. The molecule has 0 aliphatic carbocycles. The van der Waals surface area contributed by atoms with Crippen LogP contribution in [0.15, 0.2) is 30.3 Å². The fourth-order valence-corrected chi connectivity index (χ4v) is 3.15. The summed E-state index contributed by atoms with van der Waals surface area (Å²) >= 11 is 0. The van der Waals surface area contributed by atoms with Crippen molar-refractivity contribution in [2.24, 2.45) is 5.92 Å². The van der Waals surface area contributed by atoms with Crippen molar-refractivity contribution in [3.05, 3.63) is 35.9 Å². The Morgan fingerprint density at radius 1 is 0.844 bits per heavy atom. The van der Waals surface area contributed by atoms with Crippen LogP contribution in [0.25, 0.3) is 0 Å². The van der Waals surface area contributed by atoms with Crippen LogP contribution in [0.2, 0.25) is 0 Å². The van der Waals surface area contributed by atoms with Crippen molar-refractivity contribution in [1.82, 2.24) is 0 Å². The molecule has 0 heterocycles. The van der Waals surface area contributed by atoms with Crippen LogP contribution in [0.3, 0.4) is 0 Å². The van der Waals surface area contributed by atoms with Gasteiger partial charge in [-0.25, -0.2) is 4.79 Å². The molecule has 0 amide bonds. The van der Waals surface area contributed by atoms with Crippen molar-refractivity contribution in [2.75, 3.05) is 19.8 Å². The Hall–Kier alpha value is -1.51. The maximum Gasteiger partial charge on any atom is 0.340 e. The van der Waals surface area contributed by atoms with Crippen molar-refractivity contribution in [1.29, 1.82) is 0 Å². The van der Waals surface area contributed by atoms with E-state index < -0.39 is 31.1 Å². The summed E-state index contributed by atoms with van der Waals surface area (Å²) < 4.78 is 33.5. The van der Waals surface area contributed by atoms with Crippen molar-refractivity contribution >= 4 is 5.97 Å². The molecule has 1 aromatic carbocycles. The summed E-state index contributed by atoms with van der Waals surface area (Å²) in [5.41, 5.74) is 0.467. The fraction of sp³-hybridized carbons (Fsp3) is 0.720. The number of carbonyl (C=O) groups excluding carboxylic acids is 1. The van der Waals surface area contributed by atoms with E-state index in [0.717, 1.165) is 13.0 Å². The van der Waals surface area contributed by atoms with Gasteiger partial charge in [0.15, 0.2) is 18.9 Å². The van der Waals surface area contributed by atoms with Gasteiger partial charge in [-0.15, -0.1) is 0 Å². The molecule has 0 aliphatic rings. The summed E-state index contributed by atoms with van der Waals surface area (Å²) in [6, 6.07) is 8.76. The lowest BCUT2D eigenvalue weighted by Gasteiger charge is -2.25. The van der Waals surface area contributed by atoms with E-state index in [-0.39, 0.29) is 0 Å². The van der Waals surface area contributed by atoms with E-state index in [2.05, 4.69) is 13.8 Å². The third-order valence-corrected chi connectivity index (χ3v) is 4.91. The molecule has 7 heteroatoms. The molecule has 1 aromatic rings. The van der Waals surface area contributed by atoms with E-state index in [9.17, 15) is 4.79 Å². The van der Waals surface area contributed by atoms with Crippen molar-refractivity contribution < 1.29 is 33.2 Å². The topological polar surface area (TPSA) is 72.5 Å². The lowest BCUT2D eigenvalue weighted by Crippen LogP contribution is -2.30. The van der Waals surface area contributed by atoms with Crippen LogP contribution in [-0.2, 0) is 28.4 Å². The third kappa shape index (κ3) is 13.1. The van der Waals surface area contributed by atoms with E-state index in [1.165, 1.54) is 19.3 Å². The second kappa shape index (κ2) is 17.0. The third-order valence-electron chi connectivity index (χ3n) is 4.91. The molecule has 0 N–H and O–H groups in total. The van der Waals surface area contributed by atoms with Crippen LogP contribution < -0.4 is 0 Å². The lowest BCUT2D eigenvalue weighted by atomic mass is 10.0. The van der Waals surface area contributed by atoms with Gasteiger partial charge in [0.1, 0.15) is 0 Å². The summed E-state index contributed by atoms with van der Waals surface area (Å²) in [6.45, 7) is 13.1. The first kappa shape index (κ1) is 28.5. The summed E-state index contributed by atoms with van der Waals surface area (Å²) in [5.74, 6) is 0.169. The molecule has 0 aromatic heterocycles. The predicted octanol–water partition coefficient (Wildman–Crippen LogP) is 5.53. The SMILES string of the molecule is CCCCC(CC)COCCOC(C)OC(C)OC(C)OC(C)OC(=O)c1ccccc1. The number of rotatable bonds is 18. The first-order valence-electron chi connectivity index (χ1n) is 11.8. The average Bonchev–Trinajstić information content (AvgIpc) is 2.75. The van der Waals surface area contributed by atoms with E-state index in [1.54, 1.807) is 45.0 Å². The molecular weight excluding hydrogens is 412 g/mol. The van der Waals surface area contributed by atoms with Gasteiger partial charge in [0.05, 0.1) is 18.8 Å². The number of ether oxygens (including phenoxy) is 6. The van der Waals surface area contributed by atoms with Crippen molar-refractivity contribution in [2.45, 2.75) is 92.4 Å². The Bertz CT molecular complexity index is 595. The van der Waals surface area contributed by atoms with Crippen LogP contribution in [0.1, 0.15) is 77.6 Å². The zero-order valence-corrected chi connectivity index (χ0v) is 20.6. The number of hydrogen-bond acceptors (Lipinski definition) is 7. The van der Waals surface area contributed by atoms with Gasteiger partial charge in [-0.3, -0.25) is 0 Å². The molecule has 5 atom stereocenters. The van der Waals surface area contributed by atoms with Gasteiger partial charge in [0.25, 0.3) is 0 Å². The van der Waals surface area contributed by atoms with Crippen LogP contribution >= 0.6 is 0 Å². The fourth-order valence-electron chi connectivity index (χ4n) is 3.15. The molecular formula is C25H42O7. The summed E-state index contributed by atoms with van der Waals surface area (Å²) in [5, 5.41) is 0. The van der Waals surface area contributed by atoms with E-state index in [1.807, 2.05) is 13.0 Å². The Balaban J connectivity index is 2.17. The highest BCUT2D eigenvalue weighted by Crippen LogP contribution is 2.13. The van der Waals surface area contributed by atoms with Gasteiger partial charge >= 0.3 is 5.97 Å². The van der Waals surface area contributed by atoms with Gasteiger partial charge in [-0.1, -0.05) is 51.3 Å². The smallest absolute Gasteiger partial charge is 0.340 e. The molecule has 184 valence electrons. The normalized spacial score (nSPS) is 16.2. The van der Waals surface area contributed by atoms with Crippen molar-refractivity contribution in [3.8, 4) is 0 Å². The quantitative estimate of drug-likeness (QED) is 0.164. The van der Waals surface area contributed by atoms with E-state index >= 15 is 0 Å². The molecule has 0 saturated carbocycles. The average molecular weight is 455 g/mol. The maximum absolute atomic E-state index is 12.1. The Kier molecular flexibility index (Phi) is 15.2. The minimum atomic E-state index is -0.764. The molecule has 0 bridgehead atoms. The summed E-state index contributed by atoms with van der Waals surface area (Å²) in [6.07, 6.45) is 2.42. The standard InChI is InChI=1S/C25H42O7/c1-7-9-13-23(8-2)18-27-16-17-28-19(3)29-20(4)30-21(5)31-22(6)32-25(26)24-14-11-10-12-15-24/h10-12,14-15,19-23H,7-9,13,16-18H2,1-6H3. The first-order valence-corrected chi connectivity index (χ1v) is 11.8. The van der Waals surface area contributed by atoms with Crippen LogP contribution in [0.5, 0.6) is 0 Å². The van der Waals surface area contributed by atoms with Gasteiger partial charge < -0.3 is 28.4 Å². The predicted molar refractivity (Wildman–Crippen MR) is 123 cm³/mol. The summed E-state index contributed by atoms with van der Waals surface area (Å²) in [4.78, 5) is 12.1. The highest BCUT2D eigenvalue weighted by molar-refractivity contribution is 5.89. The Morgan fingerprint density at radius 3 is 2.09 bits per heavy atom. The molecule has 0 radical (unpaired) electrons. The summed E-state index contributed by atoms with van der Waals surface area (Å²) in [7, 11) is 0. The second-order valence-corrected chi connectivity index (χ2v) is 7.81. The van der Waals surface area contributed by atoms with Crippen LogP contribution in [0.4, 0.5) is 0 Å². The van der Waals surface area contributed by atoms with Crippen LogP contribution in [-0.4, -0.2) is 51.0 Å². The Labute approximate surface area is 193 Å². The molecule has 7 nitrogen and oxygen atoms in total. The molecule has 0 aliphatic heterocycles. The molecule has 0 fully saturated rings. The van der Waals surface area contributed by atoms with Gasteiger partial charge in [-0.05, 0) is 52.2 Å². The highest BCUT2D eigenvalue weighted by Gasteiger charge is 2.18. The monoisotopic (exact) mass is 454 g/mol. The number of unbranched alkanes of at least 4 members (excludes halogenated alkanes) is 1. The lowest BCUT2D eigenvalue weighted by molar-refractivity contribution is -0.300. The number of hydrogen-bond donors (Lipinski definition) is 0. The molecule has 0 spiro atoms. The molecule has 0 saturated heterocycles. The zero-order valence-electron chi connectivity index (χ0n) is 20.6. The maximum atomic E-state index is 12.1. The van der Waals surface area contributed by atoms with Crippen molar-refractivity contribution in [3.63, 3.8) is 0 Å². The number of benzene rings is 1. The van der Waals surface area contributed by atoms with Gasteiger partial charge in [0.2, 0.25) is 6.29 Å². The van der Waals surface area contributed by atoms with Gasteiger partial charge in [-0.2, -0.15) is 0 Å². The molecule has 1 rings (SSSR count).